The Morgan fingerprint density at radius 3 is 2.60 bits per heavy atom. The maximum Gasteiger partial charge on any atom is 0.269 e. The number of carbonyl (C=O) groups excluding carboxylic acids is 1. The number of rotatable bonds is 4. The minimum atomic E-state index is -0.455. The topological polar surface area (TPSA) is 72.2 Å². The predicted molar refractivity (Wildman–Crippen MR) is 102 cm³/mol. The molecule has 2 aromatic carbocycles. The van der Waals surface area contributed by atoms with Crippen LogP contribution >= 0.6 is 23.4 Å². The minimum Gasteiger partial charge on any atom is -0.350 e. The number of hydrogen-bond donors (Lipinski definition) is 1. The van der Waals surface area contributed by atoms with Crippen molar-refractivity contribution in [1.82, 2.24) is 0 Å². The molecule has 1 aliphatic heterocycles. The Balaban J connectivity index is 1.76. The quantitative estimate of drug-likeness (QED) is 0.455. The summed E-state index contributed by atoms with van der Waals surface area (Å²) in [5.74, 6) is -0.106. The van der Waals surface area contributed by atoms with Gasteiger partial charge in [-0.1, -0.05) is 29.4 Å². The van der Waals surface area contributed by atoms with Crippen LogP contribution in [0.2, 0.25) is 5.02 Å². The van der Waals surface area contributed by atoms with Gasteiger partial charge in [0.15, 0.2) is 5.78 Å². The van der Waals surface area contributed by atoms with Gasteiger partial charge in [0.05, 0.1) is 14.9 Å². The highest BCUT2D eigenvalue weighted by molar-refractivity contribution is 8.08. The summed E-state index contributed by atoms with van der Waals surface area (Å²) in [5, 5.41) is 15.3. The third kappa shape index (κ3) is 3.92. The molecule has 1 heterocycles. The smallest absolute Gasteiger partial charge is 0.269 e. The van der Waals surface area contributed by atoms with E-state index in [1.165, 1.54) is 30.0 Å². The summed E-state index contributed by atoms with van der Waals surface area (Å²) in [6.07, 6.45) is 3.25. The second kappa shape index (κ2) is 7.13. The molecule has 0 aromatic heterocycles. The zero-order valence-corrected chi connectivity index (χ0v) is 14.7. The molecule has 0 atom stereocenters. The maximum atomic E-state index is 12.2. The molecule has 0 aliphatic carbocycles. The van der Waals surface area contributed by atoms with Crippen LogP contribution in [0, 0.1) is 17.0 Å². The van der Waals surface area contributed by atoms with Gasteiger partial charge in [-0.25, -0.2) is 0 Å². The Labute approximate surface area is 153 Å². The van der Waals surface area contributed by atoms with Gasteiger partial charge in [-0.15, -0.1) is 0 Å². The number of nitro benzene ring substituents is 1. The number of hydrogen-bond acceptors (Lipinski definition) is 5. The number of benzene rings is 2. The lowest BCUT2D eigenvalue weighted by atomic mass is 10.2. The first kappa shape index (κ1) is 17.3. The summed E-state index contributed by atoms with van der Waals surface area (Å²) in [5.41, 5.74) is 2.50. The molecule has 0 bridgehead atoms. The molecule has 5 nitrogen and oxygen atoms in total. The predicted octanol–water partition coefficient (Wildman–Crippen LogP) is 5.17. The maximum absolute atomic E-state index is 12.2. The summed E-state index contributed by atoms with van der Waals surface area (Å²) in [4.78, 5) is 22.9. The number of non-ortho nitro benzene ring substituents is 1. The van der Waals surface area contributed by atoms with Crippen LogP contribution in [0.15, 0.2) is 58.5 Å². The van der Waals surface area contributed by atoms with Crippen molar-refractivity contribution in [1.29, 1.82) is 0 Å². The van der Waals surface area contributed by atoms with E-state index in [1.807, 2.05) is 25.1 Å². The van der Waals surface area contributed by atoms with Gasteiger partial charge >= 0.3 is 0 Å². The lowest BCUT2D eigenvalue weighted by molar-refractivity contribution is -0.384. The highest BCUT2D eigenvalue weighted by atomic mass is 35.5. The monoisotopic (exact) mass is 372 g/mol. The second-order valence-corrected chi connectivity index (χ2v) is 6.86. The third-order valence-electron chi connectivity index (χ3n) is 3.65. The molecule has 0 saturated carbocycles. The van der Waals surface area contributed by atoms with Crippen LogP contribution in [-0.2, 0) is 4.79 Å². The molecule has 1 N–H and O–H groups in total. The summed E-state index contributed by atoms with van der Waals surface area (Å²) in [6.45, 7) is 1.90. The summed E-state index contributed by atoms with van der Waals surface area (Å²) >= 11 is 7.42. The van der Waals surface area contributed by atoms with Gasteiger partial charge in [0.1, 0.15) is 0 Å². The molecule has 1 aliphatic rings. The number of carbonyl (C=O) groups is 1. The van der Waals surface area contributed by atoms with Crippen LogP contribution in [-0.4, -0.2) is 10.7 Å². The Hall–Kier alpha value is -2.57. The standard InChI is InChI=1S/C18H13ClN2O3S/c1-11-14(19)3-2-4-15(11)20-18-10-16(22)17(25-18)9-12-5-7-13(8-6-12)21(23)24/h2-10,20H,1H3/b17-9+. The van der Waals surface area contributed by atoms with Crippen molar-refractivity contribution in [2.75, 3.05) is 5.32 Å². The number of thioether (sulfide) groups is 1. The largest absolute Gasteiger partial charge is 0.350 e. The Bertz CT molecular complexity index is 920. The summed E-state index contributed by atoms with van der Waals surface area (Å²) in [6, 6.07) is 11.6. The van der Waals surface area contributed by atoms with Crippen LogP contribution in [0.5, 0.6) is 0 Å². The zero-order chi connectivity index (χ0) is 18.0. The van der Waals surface area contributed by atoms with Crippen molar-refractivity contribution in [3.8, 4) is 0 Å². The fraction of sp³-hybridized carbons (Fsp3) is 0.0556. The van der Waals surface area contributed by atoms with Gasteiger partial charge in [-0.05, 0) is 48.4 Å². The molecule has 126 valence electrons. The first-order valence-corrected chi connectivity index (χ1v) is 8.55. The molecule has 25 heavy (non-hydrogen) atoms. The van der Waals surface area contributed by atoms with E-state index in [4.69, 9.17) is 11.6 Å². The highest BCUT2D eigenvalue weighted by Crippen LogP contribution is 2.36. The van der Waals surface area contributed by atoms with E-state index in [9.17, 15) is 14.9 Å². The molecule has 2 aromatic rings. The first-order valence-electron chi connectivity index (χ1n) is 7.36. The average molecular weight is 373 g/mol. The van der Waals surface area contributed by atoms with Crippen molar-refractivity contribution in [3.63, 3.8) is 0 Å². The number of halogens is 1. The molecule has 0 radical (unpaired) electrons. The zero-order valence-electron chi connectivity index (χ0n) is 13.2. The van der Waals surface area contributed by atoms with Gasteiger partial charge in [0, 0.05) is 28.9 Å². The molecular formula is C18H13ClN2O3S. The molecule has 0 fully saturated rings. The van der Waals surface area contributed by atoms with Gasteiger partial charge in [-0.3, -0.25) is 14.9 Å². The van der Waals surface area contributed by atoms with E-state index in [-0.39, 0.29) is 11.5 Å². The van der Waals surface area contributed by atoms with E-state index in [2.05, 4.69) is 5.32 Å². The molecule has 0 unspecified atom stereocenters. The molecule has 0 amide bonds. The number of anilines is 1. The number of allylic oxidation sites excluding steroid dienone is 2. The normalized spacial score (nSPS) is 15.4. The lowest BCUT2D eigenvalue weighted by Gasteiger charge is -2.10. The van der Waals surface area contributed by atoms with Crippen molar-refractivity contribution in [2.24, 2.45) is 0 Å². The van der Waals surface area contributed by atoms with Gasteiger partial charge < -0.3 is 5.32 Å². The van der Waals surface area contributed by atoms with Crippen LogP contribution in [0.4, 0.5) is 11.4 Å². The van der Waals surface area contributed by atoms with E-state index < -0.39 is 4.92 Å². The number of nitrogens with zero attached hydrogens (tertiary/aromatic N) is 1. The van der Waals surface area contributed by atoms with Gasteiger partial charge in [0.25, 0.3) is 5.69 Å². The fourth-order valence-electron chi connectivity index (χ4n) is 2.27. The molecule has 7 heteroatoms. The molecular weight excluding hydrogens is 360 g/mol. The Morgan fingerprint density at radius 2 is 1.92 bits per heavy atom. The van der Waals surface area contributed by atoms with Gasteiger partial charge in [-0.2, -0.15) is 0 Å². The van der Waals surface area contributed by atoms with Crippen molar-refractivity contribution in [3.05, 3.63) is 84.7 Å². The molecule has 0 saturated heterocycles. The fourth-order valence-corrected chi connectivity index (χ4v) is 3.36. The van der Waals surface area contributed by atoms with E-state index in [0.717, 1.165) is 16.8 Å². The molecule has 0 spiro atoms. The van der Waals surface area contributed by atoms with Crippen LogP contribution in [0.1, 0.15) is 11.1 Å². The highest BCUT2D eigenvalue weighted by Gasteiger charge is 2.20. The van der Waals surface area contributed by atoms with E-state index >= 15 is 0 Å². The number of ketones is 1. The van der Waals surface area contributed by atoms with Crippen molar-refractivity contribution in [2.45, 2.75) is 6.92 Å². The second-order valence-electron chi connectivity index (χ2n) is 5.37. The van der Waals surface area contributed by atoms with Crippen LogP contribution < -0.4 is 5.32 Å². The third-order valence-corrected chi connectivity index (χ3v) is 5.04. The van der Waals surface area contributed by atoms with Crippen LogP contribution in [0.3, 0.4) is 0 Å². The lowest BCUT2D eigenvalue weighted by Crippen LogP contribution is -1.96. The van der Waals surface area contributed by atoms with E-state index in [1.54, 1.807) is 18.2 Å². The Kier molecular flexibility index (Phi) is 4.92. The molecule has 3 rings (SSSR count). The number of nitrogens with one attached hydrogen (secondary N) is 1. The summed E-state index contributed by atoms with van der Waals surface area (Å²) in [7, 11) is 0. The van der Waals surface area contributed by atoms with Crippen LogP contribution in [0.25, 0.3) is 6.08 Å². The summed E-state index contributed by atoms with van der Waals surface area (Å²) < 4.78 is 0. The number of nitro groups is 1. The van der Waals surface area contributed by atoms with Crippen molar-refractivity contribution >= 4 is 46.6 Å². The van der Waals surface area contributed by atoms with E-state index in [0.29, 0.717) is 15.0 Å². The Morgan fingerprint density at radius 1 is 1.20 bits per heavy atom. The SMILES string of the molecule is Cc1c(Cl)cccc1NC1=CC(=O)/C(=C\c2ccc([N+](=O)[O-])cc2)S1. The first-order chi connectivity index (χ1) is 11.9. The van der Waals surface area contributed by atoms with Gasteiger partial charge in [0.2, 0.25) is 0 Å². The average Bonchev–Trinajstić information content (AvgIpc) is 2.92. The van der Waals surface area contributed by atoms with Crippen molar-refractivity contribution < 1.29 is 9.72 Å². The minimum absolute atomic E-state index is 0.0180.